The van der Waals surface area contributed by atoms with E-state index in [1.165, 1.54) is 17.5 Å². The van der Waals surface area contributed by atoms with Gasteiger partial charge in [0.2, 0.25) is 0 Å². The van der Waals surface area contributed by atoms with E-state index >= 15 is 0 Å². The van der Waals surface area contributed by atoms with Crippen LogP contribution in [0.5, 0.6) is 0 Å². The van der Waals surface area contributed by atoms with Crippen LogP contribution in [-0.2, 0) is 0 Å². The molecule has 110 valence electrons. The average Bonchev–Trinajstić information content (AvgIpc) is 2.98. The zero-order valence-electron chi connectivity index (χ0n) is 12.4. The number of likely N-dealkylation sites (tertiary alicyclic amines) is 1. The normalized spacial score (nSPS) is 22.1. The summed E-state index contributed by atoms with van der Waals surface area (Å²) in [5.41, 5.74) is 8.78. The Morgan fingerprint density at radius 2 is 1.95 bits per heavy atom. The summed E-state index contributed by atoms with van der Waals surface area (Å²) < 4.78 is 0. The first-order valence-corrected chi connectivity index (χ1v) is 7.58. The maximum Gasteiger partial charge on any atom is 0.0517 e. The fraction of sp³-hybridized carbons (Fsp3) is 0.412. The number of rotatable bonds is 4. The lowest BCUT2D eigenvalue weighted by molar-refractivity contribution is 0.160. The zero-order valence-corrected chi connectivity index (χ0v) is 12.4. The largest absolute Gasteiger partial charge is 0.326 e. The summed E-state index contributed by atoms with van der Waals surface area (Å²) in [4.78, 5) is 11.0. The van der Waals surface area contributed by atoms with Crippen LogP contribution in [0.15, 0.2) is 49.1 Å². The Kier molecular flexibility index (Phi) is 4.27. The van der Waals surface area contributed by atoms with E-state index in [9.17, 15) is 0 Å². The molecule has 2 N–H and O–H groups in total. The van der Waals surface area contributed by atoms with E-state index in [2.05, 4.69) is 33.9 Å². The first-order valence-electron chi connectivity index (χ1n) is 7.58. The van der Waals surface area contributed by atoms with Gasteiger partial charge in [-0.25, -0.2) is 0 Å². The predicted molar refractivity (Wildman–Crippen MR) is 83.5 cm³/mol. The van der Waals surface area contributed by atoms with E-state index in [4.69, 9.17) is 5.73 Å². The van der Waals surface area contributed by atoms with Gasteiger partial charge in [-0.15, -0.1) is 0 Å². The van der Waals surface area contributed by atoms with Gasteiger partial charge in [-0.2, -0.15) is 0 Å². The molecule has 1 aliphatic rings. The summed E-state index contributed by atoms with van der Waals surface area (Å²) >= 11 is 0. The molecule has 2 aromatic heterocycles. The Bertz CT molecular complexity index is 556. The molecule has 3 atom stereocenters. The maximum absolute atomic E-state index is 6.30. The number of nitrogens with two attached hydrogens (primary N) is 1. The molecular weight excluding hydrogens is 260 g/mol. The fourth-order valence-electron chi connectivity index (χ4n) is 3.40. The van der Waals surface area contributed by atoms with Crippen LogP contribution in [0.4, 0.5) is 0 Å². The highest BCUT2D eigenvalue weighted by Crippen LogP contribution is 2.39. The lowest BCUT2D eigenvalue weighted by Crippen LogP contribution is -2.39. The average molecular weight is 282 g/mol. The number of hydrogen-bond acceptors (Lipinski definition) is 4. The van der Waals surface area contributed by atoms with Crippen molar-refractivity contribution in [2.24, 2.45) is 5.73 Å². The summed E-state index contributed by atoms with van der Waals surface area (Å²) in [6, 6.07) is 8.95. The number of pyridine rings is 2. The molecule has 3 unspecified atom stereocenters. The van der Waals surface area contributed by atoms with E-state index in [-0.39, 0.29) is 12.1 Å². The first kappa shape index (κ1) is 14.2. The molecule has 0 aromatic carbocycles. The van der Waals surface area contributed by atoms with Crippen LogP contribution in [-0.4, -0.2) is 27.5 Å². The smallest absolute Gasteiger partial charge is 0.0517 e. The summed E-state index contributed by atoms with van der Waals surface area (Å²) in [5.74, 6) is 0. The van der Waals surface area contributed by atoms with Gasteiger partial charge in [0.05, 0.1) is 6.04 Å². The van der Waals surface area contributed by atoms with Crippen LogP contribution in [0.3, 0.4) is 0 Å². The lowest BCUT2D eigenvalue weighted by Gasteiger charge is -2.35. The van der Waals surface area contributed by atoms with Crippen molar-refractivity contribution in [3.63, 3.8) is 0 Å². The number of nitrogens with zero attached hydrogens (tertiary/aromatic N) is 3. The Morgan fingerprint density at radius 1 is 1.19 bits per heavy atom. The second-order valence-corrected chi connectivity index (χ2v) is 5.77. The molecule has 0 bridgehead atoms. The standard InChI is InChI=1S/C17H22N4/c1-13(18)17(15-6-3-9-20-12-15)21-10-4-7-16(21)14-5-2-8-19-11-14/h2-3,5-6,8-9,11-13,16-17H,4,7,10,18H2,1H3. The molecule has 2 aromatic rings. The second kappa shape index (κ2) is 6.33. The monoisotopic (exact) mass is 282 g/mol. The minimum Gasteiger partial charge on any atom is -0.326 e. The van der Waals surface area contributed by atoms with Crippen molar-refractivity contribution in [3.8, 4) is 0 Å². The van der Waals surface area contributed by atoms with Crippen LogP contribution in [0.2, 0.25) is 0 Å². The van der Waals surface area contributed by atoms with Crippen LogP contribution in [0.25, 0.3) is 0 Å². The minimum atomic E-state index is 0.0615. The lowest BCUT2D eigenvalue weighted by atomic mass is 9.98. The van der Waals surface area contributed by atoms with Crippen molar-refractivity contribution in [1.82, 2.24) is 14.9 Å². The molecule has 0 spiro atoms. The Labute approximate surface area is 126 Å². The molecule has 0 aliphatic carbocycles. The van der Waals surface area contributed by atoms with Crippen molar-refractivity contribution in [3.05, 3.63) is 60.2 Å². The van der Waals surface area contributed by atoms with Crippen LogP contribution < -0.4 is 5.73 Å². The number of aromatic nitrogens is 2. The van der Waals surface area contributed by atoms with E-state index in [1.807, 2.05) is 36.9 Å². The van der Waals surface area contributed by atoms with Crippen LogP contribution >= 0.6 is 0 Å². The Balaban J connectivity index is 1.92. The topological polar surface area (TPSA) is 55.0 Å². The quantitative estimate of drug-likeness (QED) is 0.936. The molecule has 4 heteroatoms. The van der Waals surface area contributed by atoms with Crippen molar-refractivity contribution in [1.29, 1.82) is 0 Å². The second-order valence-electron chi connectivity index (χ2n) is 5.77. The van der Waals surface area contributed by atoms with Gasteiger partial charge >= 0.3 is 0 Å². The Morgan fingerprint density at radius 3 is 2.57 bits per heavy atom. The van der Waals surface area contributed by atoms with Gasteiger partial charge in [0.25, 0.3) is 0 Å². The molecule has 0 radical (unpaired) electrons. The summed E-state index contributed by atoms with van der Waals surface area (Å²) in [6.07, 6.45) is 9.91. The van der Waals surface area contributed by atoms with Crippen LogP contribution in [0.1, 0.15) is 43.0 Å². The predicted octanol–water partition coefficient (Wildman–Crippen LogP) is 2.70. The third-order valence-corrected chi connectivity index (χ3v) is 4.24. The Hall–Kier alpha value is -1.78. The third kappa shape index (κ3) is 2.96. The van der Waals surface area contributed by atoms with Gasteiger partial charge in [0.15, 0.2) is 0 Å². The molecule has 21 heavy (non-hydrogen) atoms. The SMILES string of the molecule is CC(N)C(c1cccnc1)N1CCCC1c1cccnc1. The highest BCUT2D eigenvalue weighted by molar-refractivity contribution is 5.21. The summed E-state index contributed by atoms with van der Waals surface area (Å²) in [6.45, 7) is 3.15. The van der Waals surface area contributed by atoms with Gasteiger partial charge in [-0.3, -0.25) is 14.9 Å². The molecule has 1 aliphatic heterocycles. The van der Waals surface area contributed by atoms with Gasteiger partial charge in [-0.05, 0) is 49.6 Å². The molecule has 3 rings (SSSR count). The molecule has 0 saturated carbocycles. The van der Waals surface area contributed by atoms with Gasteiger partial charge < -0.3 is 5.73 Å². The van der Waals surface area contributed by atoms with E-state index in [0.29, 0.717) is 6.04 Å². The van der Waals surface area contributed by atoms with Crippen LogP contribution in [0, 0.1) is 0 Å². The number of hydrogen-bond donors (Lipinski definition) is 1. The highest BCUT2D eigenvalue weighted by atomic mass is 15.2. The van der Waals surface area contributed by atoms with E-state index in [1.54, 1.807) is 0 Å². The zero-order chi connectivity index (χ0) is 14.7. The highest BCUT2D eigenvalue weighted by Gasteiger charge is 2.34. The molecule has 0 amide bonds. The maximum atomic E-state index is 6.30. The van der Waals surface area contributed by atoms with Crippen molar-refractivity contribution in [2.45, 2.75) is 37.9 Å². The van der Waals surface area contributed by atoms with E-state index in [0.717, 1.165) is 13.0 Å². The minimum absolute atomic E-state index is 0.0615. The molecule has 1 saturated heterocycles. The molecule has 3 heterocycles. The van der Waals surface area contributed by atoms with Gasteiger partial charge in [0.1, 0.15) is 0 Å². The molecule has 1 fully saturated rings. The first-order chi connectivity index (χ1) is 10.3. The fourth-order valence-corrected chi connectivity index (χ4v) is 3.40. The van der Waals surface area contributed by atoms with Gasteiger partial charge in [-0.1, -0.05) is 12.1 Å². The van der Waals surface area contributed by atoms with Crippen molar-refractivity contribution >= 4 is 0 Å². The summed E-state index contributed by atoms with van der Waals surface area (Å²) in [5, 5.41) is 0. The molecular formula is C17H22N4. The van der Waals surface area contributed by atoms with Crippen molar-refractivity contribution in [2.75, 3.05) is 6.54 Å². The van der Waals surface area contributed by atoms with Gasteiger partial charge in [0, 0.05) is 36.9 Å². The van der Waals surface area contributed by atoms with E-state index < -0.39 is 0 Å². The summed E-state index contributed by atoms with van der Waals surface area (Å²) in [7, 11) is 0. The third-order valence-electron chi connectivity index (χ3n) is 4.24. The van der Waals surface area contributed by atoms with Crippen molar-refractivity contribution < 1.29 is 0 Å². The molecule has 4 nitrogen and oxygen atoms in total.